The van der Waals surface area contributed by atoms with Gasteiger partial charge in [-0.3, -0.25) is 5.32 Å². The first-order chi connectivity index (χ1) is 9.54. The summed E-state index contributed by atoms with van der Waals surface area (Å²) in [5.41, 5.74) is 0.897. The number of benzene rings is 1. The third-order valence-corrected chi connectivity index (χ3v) is 3.72. The second-order valence-corrected chi connectivity index (χ2v) is 6.19. The Balaban J connectivity index is 1.90. The summed E-state index contributed by atoms with van der Waals surface area (Å²) in [6.07, 6.45) is 1.59. The normalized spacial score (nSPS) is 10.1. The van der Waals surface area contributed by atoms with Gasteiger partial charge in [0.05, 0.1) is 15.5 Å². The van der Waals surface area contributed by atoms with Gasteiger partial charge in [0.2, 0.25) is 0 Å². The minimum Gasteiger partial charge on any atom is -0.478 e. The predicted molar refractivity (Wildman–Crippen MR) is 79.1 cm³/mol. The van der Waals surface area contributed by atoms with E-state index in [1.54, 1.807) is 18.3 Å². The monoisotopic (exact) mass is 355 g/mol. The smallest absolute Gasteiger partial charge is 0.335 e. The van der Waals surface area contributed by atoms with Gasteiger partial charge in [-0.25, -0.2) is 14.6 Å². The standard InChI is InChI=1S/C12H10BrN3O3S/c13-9-6-15-12(20-9)16-11(19)14-5-7-2-1-3-8(4-7)10(17)18/h1-4,6H,5H2,(H,17,18)(H2,14,15,16,19). The number of nitrogens with zero attached hydrogens (tertiary/aromatic N) is 1. The van der Waals surface area contributed by atoms with Gasteiger partial charge in [0.25, 0.3) is 0 Å². The van der Waals surface area contributed by atoms with Gasteiger partial charge in [0.1, 0.15) is 0 Å². The van der Waals surface area contributed by atoms with E-state index in [2.05, 4.69) is 31.5 Å². The number of carbonyl (C=O) groups is 2. The summed E-state index contributed by atoms with van der Waals surface area (Å²) in [6, 6.07) is 6.00. The van der Waals surface area contributed by atoms with E-state index < -0.39 is 12.0 Å². The van der Waals surface area contributed by atoms with Crippen LogP contribution in [-0.4, -0.2) is 22.1 Å². The number of carboxylic acid groups (broad SMARTS) is 1. The molecule has 0 fully saturated rings. The number of rotatable bonds is 4. The van der Waals surface area contributed by atoms with Gasteiger partial charge < -0.3 is 10.4 Å². The van der Waals surface area contributed by atoms with Crippen LogP contribution in [0.4, 0.5) is 9.93 Å². The Morgan fingerprint density at radius 3 is 2.85 bits per heavy atom. The largest absolute Gasteiger partial charge is 0.478 e. The minimum atomic E-state index is -0.996. The fourth-order valence-electron chi connectivity index (χ4n) is 1.45. The topological polar surface area (TPSA) is 91.3 Å². The molecule has 2 rings (SSSR count). The fourth-order valence-corrected chi connectivity index (χ4v) is 2.55. The van der Waals surface area contributed by atoms with Gasteiger partial charge >= 0.3 is 12.0 Å². The van der Waals surface area contributed by atoms with Crippen molar-refractivity contribution in [3.63, 3.8) is 0 Å². The molecule has 20 heavy (non-hydrogen) atoms. The maximum absolute atomic E-state index is 11.6. The van der Waals surface area contributed by atoms with Gasteiger partial charge in [-0.2, -0.15) is 0 Å². The summed E-state index contributed by atoms with van der Waals surface area (Å²) in [5.74, 6) is -0.996. The van der Waals surface area contributed by atoms with Crippen molar-refractivity contribution in [2.75, 3.05) is 5.32 Å². The van der Waals surface area contributed by atoms with Gasteiger partial charge in [-0.15, -0.1) is 0 Å². The Kier molecular flexibility index (Phi) is 4.70. The molecule has 1 heterocycles. The van der Waals surface area contributed by atoms with Crippen LogP contribution in [0.15, 0.2) is 34.2 Å². The Labute approximate surface area is 127 Å². The average molecular weight is 356 g/mol. The van der Waals surface area contributed by atoms with Crippen LogP contribution >= 0.6 is 27.3 Å². The molecule has 0 aliphatic rings. The van der Waals surface area contributed by atoms with E-state index in [9.17, 15) is 9.59 Å². The lowest BCUT2D eigenvalue weighted by Gasteiger charge is -2.06. The molecule has 8 heteroatoms. The van der Waals surface area contributed by atoms with Crippen LogP contribution in [-0.2, 0) is 6.54 Å². The number of thiazole rings is 1. The number of amides is 2. The van der Waals surface area contributed by atoms with Crippen molar-refractivity contribution >= 4 is 44.4 Å². The van der Waals surface area contributed by atoms with Crippen molar-refractivity contribution in [3.05, 3.63) is 45.4 Å². The van der Waals surface area contributed by atoms with Crippen LogP contribution in [0.5, 0.6) is 0 Å². The number of hydrogen-bond donors (Lipinski definition) is 3. The van der Waals surface area contributed by atoms with Crippen molar-refractivity contribution in [2.24, 2.45) is 0 Å². The van der Waals surface area contributed by atoms with E-state index >= 15 is 0 Å². The van der Waals surface area contributed by atoms with Gasteiger partial charge in [0.15, 0.2) is 5.13 Å². The van der Waals surface area contributed by atoms with Crippen LogP contribution in [0, 0.1) is 0 Å². The molecule has 0 unspecified atom stereocenters. The second-order valence-electron chi connectivity index (χ2n) is 3.78. The summed E-state index contributed by atoms with van der Waals surface area (Å²) in [6.45, 7) is 0.236. The number of aromatic nitrogens is 1. The molecule has 0 spiro atoms. The number of nitrogens with one attached hydrogen (secondary N) is 2. The summed E-state index contributed by atoms with van der Waals surface area (Å²) in [7, 11) is 0. The van der Waals surface area contributed by atoms with E-state index in [0.29, 0.717) is 10.7 Å². The zero-order valence-corrected chi connectivity index (χ0v) is 12.5. The SMILES string of the molecule is O=C(NCc1cccc(C(=O)O)c1)Nc1ncc(Br)s1. The highest BCUT2D eigenvalue weighted by molar-refractivity contribution is 9.11. The summed E-state index contributed by atoms with van der Waals surface area (Å²) < 4.78 is 0.821. The Morgan fingerprint density at radius 2 is 2.20 bits per heavy atom. The zero-order valence-electron chi connectivity index (χ0n) is 10.1. The highest BCUT2D eigenvalue weighted by Crippen LogP contribution is 2.22. The highest BCUT2D eigenvalue weighted by atomic mass is 79.9. The van der Waals surface area contributed by atoms with Crippen molar-refractivity contribution in [2.45, 2.75) is 6.54 Å². The molecule has 6 nitrogen and oxygen atoms in total. The van der Waals surface area contributed by atoms with Gasteiger partial charge in [0, 0.05) is 6.54 Å². The predicted octanol–water partition coefficient (Wildman–Crippen LogP) is 2.93. The third-order valence-electron chi connectivity index (χ3n) is 2.32. The molecule has 0 saturated heterocycles. The lowest BCUT2D eigenvalue weighted by molar-refractivity contribution is 0.0696. The van der Waals surface area contributed by atoms with E-state index in [1.807, 2.05) is 0 Å². The van der Waals surface area contributed by atoms with Crippen LogP contribution in [0.2, 0.25) is 0 Å². The molecule has 0 aliphatic carbocycles. The molecule has 1 aromatic heterocycles. The molecule has 0 atom stereocenters. The van der Waals surface area contributed by atoms with Crippen LogP contribution in [0.1, 0.15) is 15.9 Å². The first kappa shape index (κ1) is 14.5. The molecule has 0 radical (unpaired) electrons. The third kappa shape index (κ3) is 4.04. The number of carbonyl (C=O) groups excluding carboxylic acids is 1. The summed E-state index contributed by atoms with van der Waals surface area (Å²) in [4.78, 5) is 26.4. The lowest BCUT2D eigenvalue weighted by atomic mass is 10.1. The maximum atomic E-state index is 11.6. The summed E-state index contributed by atoms with van der Waals surface area (Å²) >= 11 is 4.55. The van der Waals surface area contributed by atoms with E-state index in [4.69, 9.17) is 5.11 Å². The molecule has 2 amide bonds. The minimum absolute atomic E-state index is 0.188. The van der Waals surface area contributed by atoms with Gasteiger partial charge in [-0.05, 0) is 33.6 Å². The quantitative estimate of drug-likeness (QED) is 0.786. The van der Waals surface area contributed by atoms with Crippen molar-refractivity contribution in [1.29, 1.82) is 0 Å². The highest BCUT2D eigenvalue weighted by Gasteiger charge is 2.06. The van der Waals surface area contributed by atoms with Crippen LogP contribution in [0.3, 0.4) is 0 Å². The molecule has 3 N–H and O–H groups in total. The van der Waals surface area contributed by atoms with Gasteiger partial charge in [-0.1, -0.05) is 23.5 Å². The number of halogens is 1. The van der Waals surface area contributed by atoms with Crippen molar-refractivity contribution < 1.29 is 14.7 Å². The number of aromatic carboxylic acids is 1. The van der Waals surface area contributed by atoms with E-state index in [0.717, 1.165) is 3.79 Å². The fraction of sp³-hybridized carbons (Fsp3) is 0.0833. The number of urea groups is 1. The first-order valence-electron chi connectivity index (χ1n) is 5.53. The maximum Gasteiger partial charge on any atom is 0.335 e. The molecule has 2 aromatic rings. The Bertz CT molecular complexity index is 644. The van der Waals surface area contributed by atoms with Crippen LogP contribution in [0.25, 0.3) is 0 Å². The van der Waals surface area contributed by atoms with Crippen molar-refractivity contribution in [1.82, 2.24) is 10.3 Å². The average Bonchev–Trinajstić information content (AvgIpc) is 2.82. The molecular formula is C12H10BrN3O3S. The Hall–Kier alpha value is -1.93. The van der Waals surface area contributed by atoms with E-state index in [-0.39, 0.29) is 12.1 Å². The molecule has 1 aromatic carbocycles. The van der Waals surface area contributed by atoms with E-state index in [1.165, 1.54) is 23.5 Å². The number of hydrogen-bond acceptors (Lipinski definition) is 4. The van der Waals surface area contributed by atoms with Crippen molar-refractivity contribution in [3.8, 4) is 0 Å². The zero-order chi connectivity index (χ0) is 14.5. The molecule has 0 bridgehead atoms. The second kappa shape index (κ2) is 6.49. The first-order valence-corrected chi connectivity index (χ1v) is 7.14. The lowest BCUT2D eigenvalue weighted by Crippen LogP contribution is -2.28. The van der Waals surface area contributed by atoms with Crippen LogP contribution < -0.4 is 10.6 Å². The number of anilines is 1. The Morgan fingerprint density at radius 1 is 1.40 bits per heavy atom. The molecular weight excluding hydrogens is 346 g/mol. The molecule has 0 aliphatic heterocycles. The molecule has 0 saturated carbocycles. The molecule has 104 valence electrons. The summed E-state index contributed by atoms with van der Waals surface area (Å²) in [5, 5.41) is 14.6. The number of carboxylic acids is 1.